The van der Waals surface area contributed by atoms with Gasteiger partial charge in [0, 0.05) is 15.8 Å². The van der Waals surface area contributed by atoms with E-state index in [9.17, 15) is 4.79 Å². The van der Waals surface area contributed by atoms with Crippen molar-refractivity contribution in [2.24, 2.45) is 5.92 Å². The van der Waals surface area contributed by atoms with E-state index in [1.54, 1.807) is 22.7 Å². The second-order valence-corrected chi connectivity index (χ2v) is 8.49. The van der Waals surface area contributed by atoms with Crippen LogP contribution in [-0.2, 0) is 24.2 Å². The quantitative estimate of drug-likeness (QED) is 0.582. The van der Waals surface area contributed by atoms with Crippen LogP contribution >= 0.6 is 22.7 Å². The SMILES string of the molecule is C[C@H]1CCc2sc(C(=O)OCc3csc(-c4ccccc4)n3)cc2C1. The first kappa shape index (κ1) is 16.5. The van der Waals surface area contributed by atoms with Crippen LogP contribution in [0.4, 0.5) is 0 Å². The van der Waals surface area contributed by atoms with Crippen LogP contribution in [0.3, 0.4) is 0 Å². The lowest BCUT2D eigenvalue weighted by atomic mass is 9.90. The maximum atomic E-state index is 12.4. The number of rotatable bonds is 4. The minimum atomic E-state index is -0.235. The fourth-order valence-electron chi connectivity index (χ4n) is 3.10. The summed E-state index contributed by atoms with van der Waals surface area (Å²) in [6.45, 7) is 2.49. The minimum Gasteiger partial charge on any atom is -0.455 e. The van der Waals surface area contributed by atoms with Crippen molar-refractivity contribution in [1.82, 2.24) is 4.98 Å². The molecule has 5 heteroatoms. The number of thiazole rings is 1. The molecule has 3 aromatic rings. The molecule has 2 aromatic heterocycles. The van der Waals surface area contributed by atoms with Crippen molar-refractivity contribution >= 4 is 28.6 Å². The van der Waals surface area contributed by atoms with Gasteiger partial charge in [-0.05, 0) is 36.8 Å². The normalized spacial score (nSPS) is 16.4. The number of aromatic nitrogens is 1. The Kier molecular flexibility index (Phi) is 4.68. The summed E-state index contributed by atoms with van der Waals surface area (Å²) in [5, 5.41) is 2.91. The Bertz CT molecular complexity index is 882. The van der Waals surface area contributed by atoms with Gasteiger partial charge in [0.1, 0.15) is 16.5 Å². The smallest absolute Gasteiger partial charge is 0.348 e. The molecule has 2 heterocycles. The van der Waals surface area contributed by atoms with Crippen LogP contribution in [0.5, 0.6) is 0 Å². The summed E-state index contributed by atoms with van der Waals surface area (Å²) in [5.41, 5.74) is 3.22. The van der Waals surface area contributed by atoms with E-state index in [2.05, 4.69) is 11.9 Å². The third-order valence-electron chi connectivity index (χ3n) is 4.45. The van der Waals surface area contributed by atoms with Gasteiger partial charge in [0.15, 0.2) is 0 Å². The van der Waals surface area contributed by atoms with Crippen molar-refractivity contribution in [2.45, 2.75) is 32.8 Å². The Morgan fingerprint density at radius 1 is 1.32 bits per heavy atom. The monoisotopic (exact) mass is 369 g/mol. The summed E-state index contributed by atoms with van der Waals surface area (Å²) in [6.07, 6.45) is 3.37. The molecule has 128 valence electrons. The first-order chi connectivity index (χ1) is 12.2. The van der Waals surface area contributed by atoms with Crippen molar-refractivity contribution in [3.05, 3.63) is 62.8 Å². The van der Waals surface area contributed by atoms with E-state index in [1.807, 2.05) is 41.8 Å². The van der Waals surface area contributed by atoms with Crippen LogP contribution in [-0.4, -0.2) is 11.0 Å². The summed E-state index contributed by atoms with van der Waals surface area (Å²) in [6, 6.07) is 12.1. The third-order valence-corrected chi connectivity index (χ3v) is 6.61. The molecule has 3 nitrogen and oxygen atoms in total. The van der Waals surface area contributed by atoms with Gasteiger partial charge in [-0.1, -0.05) is 37.3 Å². The Morgan fingerprint density at radius 2 is 2.16 bits per heavy atom. The summed E-state index contributed by atoms with van der Waals surface area (Å²) >= 11 is 3.16. The predicted molar refractivity (Wildman–Crippen MR) is 102 cm³/mol. The number of hydrogen-bond donors (Lipinski definition) is 0. The highest BCUT2D eigenvalue weighted by molar-refractivity contribution is 7.14. The van der Waals surface area contributed by atoms with Crippen molar-refractivity contribution in [1.29, 1.82) is 0 Å². The van der Waals surface area contributed by atoms with E-state index in [-0.39, 0.29) is 12.6 Å². The lowest BCUT2D eigenvalue weighted by Gasteiger charge is -2.16. The summed E-state index contributed by atoms with van der Waals surface area (Å²) in [7, 11) is 0. The topological polar surface area (TPSA) is 39.2 Å². The number of aryl methyl sites for hydroxylation is 1. The molecule has 25 heavy (non-hydrogen) atoms. The average molecular weight is 370 g/mol. The van der Waals surface area contributed by atoms with Crippen molar-refractivity contribution in [3.63, 3.8) is 0 Å². The molecule has 1 atom stereocenters. The van der Waals surface area contributed by atoms with Crippen LogP contribution in [0.1, 0.15) is 39.2 Å². The van der Waals surface area contributed by atoms with Gasteiger partial charge in [0.05, 0.1) is 5.69 Å². The second-order valence-electron chi connectivity index (χ2n) is 6.49. The Balaban J connectivity index is 1.40. The van der Waals surface area contributed by atoms with E-state index in [4.69, 9.17) is 4.74 Å². The number of hydrogen-bond acceptors (Lipinski definition) is 5. The number of nitrogens with zero attached hydrogens (tertiary/aromatic N) is 1. The molecule has 4 rings (SSSR count). The van der Waals surface area contributed by atoms with Gasteiger partial charge < -0.3 is 4.74 Å². The molecular weight excluding hydrogens is 350 g/mol. The van der Waals surface area contributed by atoms with Crippen molar-refractivity contribution < 1.29 is 9.53 Å². The molecule has 0 amide bonds. The van der Waals surface area contributed by atoms with Gasteiger partial charge in [-0.15, -0.1) is 22.7 Å². The number of carbonyl (C=O) groups is 1. The number of benzene rings is 1. The van der Waals surface area contributed by atoms with Gasteiger partial charge in [0.2, 0.25) is 0 Å². The van der Waals surface area contributed by atoms with Crippen LogP contribution < -0.4 is 0 Å². The van der Waals surface area contributed by atoms with E-state index in [0.29, 0.717) is 5.92 Å². The number of esters is 1. The van der Waals surface area contributed by atoms with E-state index in [0.717, 1.165) is 34.0 Å². The summed E-state index contributed by atoms with van der Waals surface area (Å²) in [4.78, 5) is 19.0. The molecule has 0 spiro atoms. The van der Waals surface area contributed by atoms with Gasteiger partial charge in [-0.3, -0.25) is 0 Å². The van der Waals surface area contributed by atoms with Crippen molar-refractivity contribution in [2.75, 3.05) is 0 Å². The summed E-state index contributed by atoms with van der Waals surface area (Å²) in [5.74, 6) is 0.471. The molecule has 0 radical (unpaired) electrons. The van der Waals surface area contributed by atoms with Gasteiger partial charge in [-0.25, -0.2) is 9.78 Å². The highest BCUT2D eigenvalue weighted by atomic mass is 32.1. The minimum absolute atomic E-state index is 0.223. The molecule has 1 aliphatic carbocycles. The third kappa shape index (κ3) is 3.67. The number of fused-ring (bicyclic) bond motifs is 1. The van der Waals surface area contributed by atoms with E-state index in [1.165, 1.54) is 16.9 Å². The molecule has 0 bridgehead atoms. The molecule has 0 unspecified atom stereocenters. The molecule has 1 aliphatic rings. The zero-order valence-corrected chi connectivity index (χ0v) is 15.7. The van der Waals surface area contributed by atoms with Crippen molar-refractivity contribution in [3.8, 4) is 10.6 Å². The highest BCUT2D eigenvalue weighted by Gasteiger charge is 2.21. The number of thiophene rings is 1. The molecular formula is C20H19NO2S2. The molecule has 0 saturated heterocycles. The number of carbonyl (C=O) groups excluding carboxylic acids is 1. The zero-order chi connectivity index (χ0) is 17.2. The maximum Gasteiger partial charge on any atom is 0.348 e. The molecule has 0 fully saturated rings. The predicted octanol–water partition coefficient (Wildman–Crippen LogP) is 5.35. The fraction of sp³-hybridized carbons (Fsp3) is 0.300. The Hall–Kier alpha value is -1.98. The van der Waals surface area contributed by atoms with Crippen LogP contribution in [0.25, 0.3) is 10.6 Å². The molecule has 0 N–H and O–H groups in total. The van der Waals surface area contributed by atoms with Gasteiger partial charge in [0.25, 0.3) is 0 Å². The number of ether oxygens (including phenoxy) is 1. The first-order valence-corrected chi connectivity index (χ1v) is 10.2. The molecule has 1 aromatic carbocycles. The lowest BCUT2D eigenvalue weighted by Crippen LogP contribution is -2.08. The average Bonchev–Trinajstić information content (AvgIpc) is 3.27. The van der Waals surface area contributed by atoms with Crippen LogP contribution in [0.15, 0.2) is 41.8 Å². The highest BCUT2D eigenvalue weighted by Crippen LogP contribution is 2.32. The molecule has 0 aliphatic heterocycles. The molecule has 0 saturated carbocycles. The Morgan fingerprint density at radius 3 is 3.00 bits per heavy atom. The largest absolute Gasteiger partial charge is 0.455 e. The van der Waals surface area contributed by atoms with Gasteiger partial charge >= 0.3 is 5.97 Å². The Labute approximate surface area is 155 Å². The fourth-order valence-corrected chi connectivity index (χ4v) is 5.02. The lowest BCUT2D eigenvalue weighted by molar-refractivity contribution is 0.0474. The van der Waals surface area contributed by atoms with E-state index >= 15 is 0 Å². The van der Waals surface area contributed by atoms with Gasteiger partial charge in [-0.2, -0.15) is 0 Å². The van der Waals surface area contributed by atoms with Crippen LogP contribution in [0, 0.1) is 5.92 Å². The second kappa shape index (κ2) is 7.10. The zero-order valence-electron chi connectivity index (χ0n) is 14.0. The van der Waals surface area contributed by atoms with E-state index < -0.39 is 0 Å². The maximum absolute atomic E-state index is 12.4. The first-order valence-electron chi connectivity index (χ1n) is 8.47. The van der Waals surface area contributed by atoms with Crippen LogP contribution in [0.2, 0.25) is 0 Å². The standard InChI is InChI=1S/C20H19NO2S2/c1-13-7-8-17-15(9-13)10-18(25-17)20(22)23-11-16-12-24-19(21-16)14-5-3-2-4-6-14/h2-6,10,12-13H,7-9,11H2,1H3/t13-/m0/s1. The summed E-state index contributed by atoms with van der Waals surface area (Å²) < 4.78 is 5.48.